The summed E-state index contributed by atoms with van der Waals surface area (Å²) in [4.78, 5) is 16.5. The average Bonchev–Trinajstić information content (AvgIpc) is 2.45. The molecule has 0 bridgehead atoms. The van der Waals surface area contributed by atoms with E-state index in [0.717, 1.165) is 22.1 Å². The molecule has 0 aromatic carbocycles. The minimum atomic E-state index is -0.0247. The van der Waals surface area contributed by atoms with Gasteiger partial charge in [-0.05, 0) is 20.9 Å². The van der Waals surface area contributed by atoms with Crippen LogP contribution in [0.4, 0.5) is 0 Å². The molecule has 0 unspecified atom stereocenters. The molecule has 0 spiro atoms. The number of hydrogen-bond donors (Lipinski definition) is 2. The van der Waals surface area contributed by atoms with Gasteiger partial charge in [0.2, 0.25) is 0 Å². The molecule has 0 saturated carbocycles. The number of nitrogens with one attached hydrogen (secondary N) is 2. The Labute approximate surface area is 87.7 Å². The number of thiazole rings is 1. The quantitative estimate of drug-likeness (QED) is 0.724. The van der Waals surface area contributed by atoms with E-state index in [4.69, 9.17) is 0 Å². The third-order valence-electron chi connectivity index (χ3n) is 1.77. The van der Waals surface area contributed by atoms with Gasteiger partial charge in [0.25, 0.3) is 5.91 Å². The van der Waals surface area contributed by atoms with Crippen LogP contribution in [0.3, 0.4) is 0 Å². The van der Waals surface area contributed by atoms with E-state index < -0.39 is 0 Å². The van der Waals surface area contributed by atoms with Crippen molar-refractivity contribution < 1.29 is 4.79 Å². The number of amides is 1. The predicted molar refractivity (Wildman–Crippen MR) is 57.8 cm³/mol. The number of hydrogen-bond acceptors (Lipinski definition) is 4. The molecule has 0 saturated heterocycles. The number of rotatable bonds is 4. The van der Waals surface area contributed by atoms with Crippen LogP contribution in [0.15, 0.2) is 0 Å². The van der Waals surface area contributed by atoms with Crippen LogP contribution in [0.25, 0.3) is 0 Å². The van der Waals surface area contributed by atoms with Gasteiger partial charge >= 0.3 is 0 Å². The van der Waals surface area contributed by atoms with Crippen molar-refractivity contribution in [2.24, 2.45) is 0 Å². The van der Waals surface area contributed by atoms with Crippen LogP contribution >= 0.6 is 11.3 Å². The zero-order valence-corrected chi connectivity index (χ0v) is 9.49. The highest BCUT2D eigenvalue weighted by Crippen LogP contribution is 2.16. The summed E-state index contributed by atoms with van der Waals surface area (Å²) in [6.45, 7) is 5.19. The summed E-state index contributed by atoms with van der Waals surface area (Å²) in [5, 5.41) is 6.72. The van der Waals surface area contributed by atoms with Crippen molar-refractivity contribution >= 4 is 17.2 Å². The van der Waals surface area contributed by atoms with Crippen LogP contribution in [0.5, 0.6) is 0 Å². The summed E-state index contributed by atoms with van der Waals surface area (Å²) < 4.78 is 0. The van der Waals surface area contributed by atoms with E-state index in [2.05, 4.69) is 15.6 Å². The summed E-state index contributed by atoms with van der Waals surface area (Å²) in [6.07, 6.45) is 0. The Bertz CT molecular complexity index is 322. The molecule has 5 heteroatoms. The van der Waals surface area contributed by atoms with Crippen molar-refractivity contribution in [2.75, 3.05) is 20.1 Å². The number of carbonyl (C=O) groups excluding carboxylic acids is 1. The number of carbonyl (C=O) groups is 1. The lowest BCUT2D eigenvalue weighted by Crippen LogP contribution is -2.30. The lowest BCUT2D eigenvalue weighted by molar-refractivity contribution is 0.0957. The molecule has 0 atom stereocenters. The van der Waals surface area contributed by atoms with Crippen LogP contribution < -0.4 is 10.6 Å². The van der Waals surface area contributed by atoms with Gasteiger partial charge in [-0.25, -0.2) is 4.98 Å². The molecule has 1 amide bonds. The molecular formula is C9H15N3OS. The Kier molecular flexibility index (Phi) is 4.03. The molecule has 0 fully saturated rings. The minimum Gasteiger partial charge on any atom is -0.350 e. The van der Waals surface area contributed by atoms with Gasteiger partial charge in [0.1, 0.15) is 4.88 Å². The molecule has 14 heavy (non-hydrogen) atoms. The van der Waals surface area contributed by atoms with Crippen LogP contribution in [0, 0.1) is 13.8 Å². The van der Waals surface area contributed by atoms with Crippen LogP contribution in [-0.4, -0.2) is 31.0 Å². The second kappa shape index (κ2) is 5.07. The molecule has 78 valence electrons. The Morgan fingerprint density at radius 2 is 2.14 bits per heavy atom. The smallest absolute Gasteiger partial charge is 0.263 e. The Morgan fingerprint density at radius 3 is 2.64 bits per heavy atom. The Morgan fingerprint density at radius 1 is 1.43 bits per heavy atom. The van der Waals surface area contributed by atoms with Gasteiger partial charge in [0.05, 0.1) is 10.7 Å². The van der Waals surface area contributed by atoms with Crippen molar-refractivity contribution in [2.45, 2.75) is 13.8 Å². The van der Waals surface area contributed by atoms with Crippen molar-refractivity contribution in [3.63, 3.8) is 0 Å². The topological polar surface area (TPSA) is 54.0 Å². The van der Waals surface area contributed by atoms with E-state index in [9.17, 15) is 4.79 Å². The van der Waals surface area contributed by atoms with Gasteiger partial charge in [-0.2, -0.15) is 0 Å². The van der Waals surface area contributed by atoms with Gasteiger partial charge in [-0.3, -0.25) is 4.79 Å². The third-order valence-corrected chi connectivity index (χ3v) is 2.84. The molecule has 2 N–H and O–H groups in total. The van der Waals surface area contributed by atoms with Gasteiger partial charge in [-0.1, -0.05) is 0 Å². The van der Waals surface area contributed by atoms with Gasteiger partial charge in [-0.15, -0.1) is 11.3 Å². The zero-order chi connectivity index (χ0) is 10.6. The monoisotopic (exact) mass is 213 g/mol. The van der Waals surface area contributed by atoms with Crippen LogP contribution in [0.1, 0.15) is 20.4 Å². The maximum Gasteiger partial charge on any atom is 0.263 e. The van der Waals surface area contributed by atoms with E-state index >= 15 is 0 Å². The largest absolute Gasteiger partial charge is 0.350 e. The van der Waals surface area contributed by atoms with E-state index in [1.807, 2.05) is 20.9 Å². The highest BCUT2D eigenvalue weighted by molar-refractivity contribution is 7.13. The van der Waals surface area contributed by atoms with E-state index in [1.54, 1.807) is 0 Å². The number of aryl methyl sites for hydroxylation is 2. The van der Waals surface area contributed by atoms with Crippen molar-refractivity contribution in [3.8, 4) is 0 Å². The SMILES string of the molecule is CNCCNC(=O)c1sc(C)nc1C. The predicted octanol–water partition coefficient (Wildman–Crippen LogP) is 0.709. The maximum atomic E-state index is 11.6. The highest BCUT2D eigenvalue weighted by Gasteiger charge is 2.12. The zero-order valence-electron chi connectivity index (χ0n) is 8.68. The van der Waals surface area contributed by atoms with Gasteiger partial charge in [0.15, 0.2) is 0 Å². The molecule has 4 nitrogen and oxygen atoms in total. The number of aromatic nitrogens is 1. The van der Waals surface area contributed by atoms with Crippen LogP contribution in [0.2, 0.25) is 0 Å². The van der Waals surface area contributed by atoms with E-state index in [-0.39, 0.29) is 5.91 Å². The molecule has 0 aliphatic rings. The van der Waals surface area contributed by atoms with Crippen molar-refractivity contribution in [1.29, 1.82) is 0 Å². The molecular weight excluding hydrogens is 198 g/mol. The molecule has 0 aliphatic carbocycles. The van der Waals surface area contributed by atoms with Crippen molar-refractivity contribution in [1.82, 2.24) is 15.6 Å². The minimum absolute atomic E-state index is 0.0247. The summed E-state index contributed by atoms with van der Waals surface area (Å²) in [5.41, 5.74) is 0.814. The Balaban J connectivity index is 2.56. The first-order chi connectivity index (χ1) is 6.65. The summed E-state index contributed by atoms with van der Waals surface area (Å²) in [5.74, 6) is -0.0247. The summed E-state index contributed by atoms with van der Waals surface area (Å²) in [6, 6.07) is 0. The Hall–Kier alpha value is -0.940. The fraction of sp³-hybridized carbons (Fsp3) is 0.556. The molecule has 0 radical (unpaired) electrons. The lowest BCUT2D eigenvalue weighted by atomic mass is 10.4. The fourth-order valence-electron chi connectivity index (χ4n) is 1.12. The summed E-state index contributed by atoms with van der Waals surface area (Å²) >= 11 is 1.44. The summed E-state index contributed by atoms with van der Waals surface area (Å²) in [7, 11) is 1.86. The molecule has 1 rings (SSSR count). The van der Waals surface area contributed by atoms with Gasteiger partial charge in [0, 0.05) is 13.1 Å². The van der Waals surface area contributed by atoms with E-state index in [1.165, 1.54) is 11.3 Å². The van der Waals surface area contributed by atoms with E-state index in [0.29, 0.717) is 6.54 Å². The fourth-order valence-corrected chi connectivity index (χ4v) is 1.96. The van der Waals surface area contributed by atoms with Gasteiger partial charge < -0.3 is 10.6 Å². The number of nitrogens with zero attached hydrogens (tertiary/aromatic N) is 1. The first-order valence-corrected chi connectivity index (χ1v) is 5.33. The molecule has 1 heterocycles. The second-order valence-electron chi connectivity index (χ2n) is 3.01. The third kappa shape index (κ3) is 2.78. The average molecular weight is 213 g/mol. The standard InChI is InChI=1S/C9H15N3OS/c1-6-8(14-7(2)12-6)9(13)11-5-4-10-3/h10H,4-5H2,1-3H3,(H,11,13). The first-order valence-electron chi connectivity index (χ1n) is 4.52. The second-order valence-corrected chi connectivity index (χ2v) is 4.21. The normalized spacial score (nSPS) is 10.2. The van der Waals surface area contributed by atoms with Crippen LogP contribution in [-0.2, 0) is 0 Å². The van der Waals surface area contributed by atoms with Crippen molar-refractivity contribution in [3.05, 3.63) is 15.6 Å². The maximum absolute atomic E-state index is 11.6. The molecule has 0 aliphatic heterocycles. The number of likely N-dealkylation sites (N-methyl/N-ethyl adjacent to an activating group) is 1. The molecule has 1 aromatic rings. The molecule has 1 aromatic heterocycles. The first kappa shape index (κ1) is 11.1. The highest BCUT2D eigenvalue weighted by atomic mass is 32.1. The lowest BCUT2D eigenvalue weighted by Gasteiger charge is -2.02.